The Morgan fingerprint density at radius 1 is 1.39 bits per heavy atom. The molecular weight excluding hydrogens is 230 g/mol. The van der Waals surface area contributed by atoms with Crippen LogP contribution in [0.1, 0.15) is 37.0 Å². The Morgan fingerprint density at radius 3 is 2.61 bits per heavy atom. The number of benzene rings is 1. The summed E-state index contributed by atoms with van der Waals surface area (Å²) in [6.07, 6.45) is 2.76. The Kier molecular flexibility index (Phi) is 5.91. The van der Waals surface area contributed by atoms with Crippen LogP contribution in [0.15, 0.2) is 24.3 Å². The van der Waals surface area contributed by atoms with Crippen LogP contribution in [0.3, 0.4) is 0 Å². The standard InChI is InChI=1S/C14H19NO3/c1-3-4-11(2)15-14(17)10-18-13-7-5-12(9-16)6-8-13/h5-9,11H,3-4,10H2,1-2H3,(H,15,17). The van der Waals surface area contributed by atoms with Crippen LogP contribution >= 0.6 is 0 Å². The largest absolute Gasteiger partial charge is 0.484 e. The van der Waals surface area contributed by atoms with Gasteiger partial charge in [0.05, 0.1) is 0 Å². The van der Waals surface area contributed by atoms with Gasteiger partial charge in [0.25, 0.3) is 5.91 Å². The van der Waals surface area contributed by atoms with Crippen molar-refractivity contribution in [2.75, 3.05) is 6.61 Å². The summed E-state index contributed by atoms with van der Waals surface area (Å²) in [6, 6.07) is 6.82. The van der Waals surface area contributed by atoms with E-state index in [-0.39, 0.29) is 18.6 Å². The minimum absolute atomic E-state index is 0.00547. The summed E-state index contributed by atoms with van der Waals surface area (Å²) in [5.41, 5.74) is 0.586. The van der Waals surface area contributed by atoms with E-state index in [0.29, 0.717) is 11.3 Å². The summed E-state index contributed by atoms with van der Waals surface area (Å²) >= 11 is 0. The fourth-order valence-corrected chi connectivity index (χ4v) is 1.61. The fourth-order valence-electron chi connectivity index (χ4n) is 1.61. The van der Waals surface area contributed by atoms with Gasteiger partial charge in [-0.05, 0) is 37.6 Å². The van der Waals surface area contributed by atoms with Gasteiger partial charge in [0.1, 0.15) is 12.0 Å². The van der Waals surface area contributed by atoms with Crippen molar-refractivity contribution in [3.05, 3.63) is 29.8 Å². The van der Waals surface area contributed by atoms with Crippen LogP contribution in [0.4, 0.5) is 0 Å². The minimum atomic E-state index is -0.129. The molecule has 0 heterocycles. The highest BCUT2D eigenvalue weighted by molar-refractivity contribution is 5.78. The number of hydrogen-bond acceptors (Lipinski definition) is 3. The molecule has 1 atom stereocenters. The number of ether oxygens (including phenoxy) is 1. The first-order valence-electron chi connectivity index (χ1n) is 6.13. The molecule has 1 rings (SSSR count). The van der Waals surface area contributed by atoms with E-state index in [0.717, 1.165) is 19.1 Å². The topological polar surface area (TPSA) is 55.4 Å². The van der Waals surface area contributed by atoms with E-state index in [1.807, 2.05) is 6.92 Å². The van der Waals surface area contributed by atoms with Gasteiger partial charge in [-0.25, -0.2) is 0 Å². The molecule has 18 heavy (non-hydrogen) atoms. The van der Waals surface area contributed by atoms with Gasteiger partial charge in [0, 0.05) is 11.6 Å². The summed E-state index contributed by atoms with van der Waals surface area (Å²) in [6.45, 7) is 4.04. The monoisotopic (exact) mass is 249 g/mol. The zero-order valence-corrected chi connectivity index (χ0v) is 10.8. The molecule has 0 saturated carbocycles. The van der Waals surface area contributed by atoms with Crippen molar-refractivity contribution in [2.24, 2.45) is 0 Å². The molecule has 4 nitrogen and oxygen atoms in total. The lowest BCUT2D eigenvalue weighted by Crippen LogP contribution is -2.35. The highest BCUT2D eigenvalue weighted by atomic mass is 16.5. The third kappa shape index (κ3) is 4.99. The Bertz CT molecular complexity index is 387. The second-order valence-electron chi connectivity index (χ2n) is 4.23. The highest BCUT2D eigenvalue weighted by Crippen LogP contribution is 2.10. The van der Waals surface area contributed by atoms with Crippen LogP contribution in [0, 0.1) is 0 Å². The molecule has 0 fully saturated rings. The van der Waals surface area contributed by atoms with E-state index in [2.05, 4.69) is 12.2 Å². The molecule has 1 unspecified atom stereocenters. The molecule has 0 aliphatic heterocycles. The van der Waals surface area contributed by atoms with Crippen molar-refractivity contribution < 1.29 is 14.3 Å². The van der Waals surface area contributed by atoms with Crippen molar-refractivity contribution in [2.45, 2.75) is 32.7 Å². The summed E-state index contributed by atoms with van der Waals surface area (Å²) < 4.78 is 5.32. The van der Waals surface area contributed by atoms with E-state index >= 15 is 0 Å². The molecule has 1 aromatic rings. The molecule has 0 bridgehead atoms. The zero-order valence-electron chi connectivity index (χ0n) is 10.8. The normalized spacial score (nSPS) is 11.7. The van der Waals surface area contributed by atoms with Crippen molar-refractivity contribution in [1.29, 1.82) is 0 Å². The molecule has 0 spiro atoms. The Labute approximate surface area is 107 Å². The van der Waals surface area contributed by atoms with Crippen molar-refractivity contribution in [3.8, 4) is 5.75 Å². The number of aldehydes is 1. The summed E-state index contributed by atoms with van der Waals surface area (Å²) in [7, 11) is 0. The van der Waals surface area contributed by atoms with Gasteiger partial charge in [0.2, 0.25) is 0 Å². The molecule has 98 valence electrons. The zero-order chi connectivity index (χ0) is 13.4. The van der Waals surface area contributed by atoms with Gasteiger partial charge in [-0.1, -0.05) is 13.3 Å². The quantitative estimate of drug-likeness (QED) is 0.753. The van der Waals surface area contributed by atoms with E-state index in [4.69, 9.17) is 4.74 Å². The van der Waals surface area contributed by atoms with Gasteiger partial charge in [-0.3, -0.25) is 9.59 Å². The number of amides is 1. The van der Waals surface area contributed by atoms with Gasteiger partial charge in [-0.15, -0.1) is 0 Å². The molecule has 1 N–H and O–H groups in total. The lowest BCUT2D eigenvalue weighted by molar-refractivity contribution is -0.123. The van der Waals surface area contributed by atoms with Crippen LogP contribution in [0.5, 0.6) is 5.75 Å². The van der Waals surface area contributed by atoms with E-state index in [9.17, 15) is 9.59 Å². The van der Waals surface area contributed by atoms with Gasteiger partial charge < -0.3 is 10.1 Å². The number of nitrogens with one attached hydrogen (secondary N) is 1. The van der Waals surface area contributed by atoms with E-state index < -0.39 is 0 Å². The van der Waals surface area contributed by atoms with Gasteiger partial charge in [0.15, 0.2) is 6.61 Å². The van der Waals surface area contributed by atoms with Crippen LogP contribution in [0.25, 0.3) is 0 Å². The average molecular weight is 249 g/mol. The minimum Gasteiger partial charge on any atom is -0.484 e. The maximum Gasteiger partial charge on any atom is 0.258 e. The van der Waals surface area contributed by atoms with Crippen molar-refractivity contribution in [3.63, 3.8) is 0 Å². The lowest BCUT2D eigenvalue weighted by atomic mass is 10.2. The Morgan fingerprint density at radius 2 is 2.06 bits per heavy atom. The van der Waals surface area contributed by atoms with Gasteiger partial charge >= 0.3 is 0 Å². The maximum atomic E-state index is 11.5. The predicted octanol–water partition coefficient (Wildman–Crippen LogP) is 2.18. The lowest BCUT2D eigenvalue weighted by Gasteiger charge is -2.13. The number of hydrogen-bond donors (Lipinski definition) is 1. The molecular formula is C14H19NO3. The molecule has 0 aliphatic carbocycles. The Hall–Kier alpha value is -1.84. The van der Waals surface area contributed by atoms with Crippen LogP contribution in [-0.2, 0) is 4.79 Å². The molecule has 0 saturated heterocycles. The van der Waals surface area contributed by atoms with Crippen LogP contribution in [-0.4, -0.2) is 24.8 Å². The summed E-state index contributed by atoms with van der Waals surface area (Å²) in [5.74, 6) is 0.453. The molecule has 1 aromatic carbocycles. The second-order valence-corrected chi connectivity index (χ2v) is 4.23. The third-order valence-corrected chi connectivity index (χ3v) is 2.52. The van der Waals surface area contributed by atoms with Crippen molar-refractivity contribution >= 4 is 12.2 Å². The van der Waals surface area contributed by atoms with E-state index in [1.54, 1.807) is 24.3 Å². The first-order chi connectivity index (χ1) is 8.65. The average Bonchev–Trinajstić information content (AvgIpc) is 2.37. The first kappa shape index (κ1) is 14.2. The molecule has 0 aliphatic rings. The molecule has 0 radical (unpaired) electrons. The Balaban J connectivity index is 2.35. The number of rotatable bonds is 7. The van der Waals surface area contributed by atoms with Crippen LogP contribution in [0.2, 0.25) is 0 Å². The number of carbonyl (C=O) groups excluding carboxylic acids is 2. The fraction of sp³-hybridized carbons (Fsp3) is 0.429. The molecule has 1 amide bonds. The predicted molar refractivity (Wildman–Crippen MR) is 69.8 cm³/mol. The van der Waals surface area contributed by atoms with Crippen LogP contribution < -0.4 is 10.1 Å². The highest BCUT2D eigenvalue weighted by Gasteiger charge is 2.07. The number of carbonyl (C=O) groups is 2. The SMILES string of the molecule is CCCC(C)NC(=O)COc1ccc(C=O)cc1. The summed E-state index contributed by atoms with van der Waals surface area (Å²) in [4.78, 5) is 22.0. The first-order valence-corrected chi connectivity index (χ1v) is 6.13. The van der Waals surface area contributed by atoms with E-state index in [1.165, 1.54) is 0 Å². The maximum absolute atomic E-state index is 11.5. The smallest absolute Gasteiger partial charge is 0.258 e. The third-order valence-electron chi connectivity index (χ3n) is 2.52. The van der Waals surface area contributed by atoms with Gasteiger partial charge in [-0.2, -0.15) is 0 Å². The summed E-state index contributed by atoms with van der Waals surface area (Å²) in [5, 5.41) is 2.85. The molecule has 0 aromatic heterocycles. The molecule has 4 heteroatoms. The second kappa shape index (κ2) is 7.48. The van der Waals surface area contributed by atoms with Crippen molar-refractivity contribution in [1.82, 2.24) is 5.32 Å².